The van der Waals surface area contributed by atoms with Gasteiger partial charge < -0.3 is 4.90 Å². The molecule has 0 spiro atoms. The van der Waals surface area contributed by atoms with Gasteiger partial charge in [-0.15, -0.1) is 0 Å². The number of likely N-dealkylation sites (tertiary alicyclic amines) is 1. The van der Waals surface area contributed by atoms with Crippen molar-refractivity contribution in [2.75, 3.05) is 13.1 Å². The molecule has 0 bridgehead atoms. The van der Waals surface area contributed by atoms with Crippen LogP contribution in [0, 0.1) is 11.3 Å². The summed E-state index contributed by atoms with van der Waals surface area (Å²) in [5.41, 5.74) is 0.504. The van der Waals surface area contributed by atoms with Gasteiger partial charge in [0.25, 0.3) is 0 Å². The standard InChI is InChI=1S/C11H23N/c1-9(2)12-7-6-10(8-12)11(3,4)5/h9-10H,6-8H2,1-5H3. The molecule has 1 heteroatoms. The van der Waals surface area contributed by atoms with Gasteiger partial charge in [-0.05, 0) is 38.1 Å². The lowest BCUT2D eigenvalue weighted by Gasteiger charge is -2.28. The quantitative estimate of drug-likeness (QED) is 0.583. The Morgan fingerprint density at radius 3 is 2.08 bits per heavy atom. The Hall–Kier alpha value is -0.0400. The monoisotopic (exact) mass is 169 g/mol. The molecule has 1 heterocycles. The molecule has 1 aliphatic heterocycles. The molecular formula is C11H23N. The molecule has 0 amide bonds. The maximum absolute atomic E-state index is 2.59. The molecule has 1 unspecified atom stereocenters. The number of hydrogen-bond donors (Lipinski definition) is 0. The molecule has 0 radical (unpaired) electrons. The van der Waals surface area contributed by atoms with Crippen LogP contribution in [0.2, 0.25) is 0 Å². The molecular weight excluding hydrogens is 146 g/mol. The van der Waals surface area contributed by atoms with Crippen molar-refractivity contribution in [3.05, 3.63) is 0 Å². The highest BCUT2D eigenvalue weighted by atomic mass is 15.2. The summed E-state index contributed by atoms with van der Waals surface area (Å²) < 4.78 is 0. The fourth-order valence-corrected chi connectivity index (χ4v) is 1.96. The topological polar surface area (TPSA) is 3.24 Å². The van der Waals surface area contributed by atoms with Gasteiger partial charge in [0, 0.05) is 12.6 Å². The molecule has 1 rings (SSSR count). The van der Waals surface area contributed by atoms with Gasteiger partial charge in [-0.3, -0.25) is 0 Å². The van der Waals surface area contributed by atoms with Crippen molar-refractivity contribution in [3.8, 4) is 0 Å². The second-order valence-electron chi connectivity index (χ2n) is 5.44. The van der Waals surface area contributed by atoms with Crippen LogP contribution in [0.4, 0.5) is 0 Å². The molecule has 0 aliphatic carbocycles. The highest BCUT2D eigenvalue weighted by Gasteiger charge is 2.32. The van der Waals surface area contributed by atoms with E-state index < -0.39 is 0 Å². The number of nitrogens with zero attached hydrogens (tertiary/aromatic N) is 1. The smallest absolute Gasteiger partial charge is 0.00387 e. The van der Waals surface area contributed by atoms with Gasteiger partial charge in [-0.25, -0.2) is 0 Å². The van der Waals surface area contributed by atoms with Crippen molar-refractivity contribution in [2.24, 2.45) is 11.3 Å². The summed E-state index contributed by atoms with van der Waals surface area (Å²) in [5.74, 6) is 0.903. The molecule has 0 aromatic carbocycles. The highest BCUT2D eigenvalue weighted by molar-refractivity contribution is 4.84. The van der Waals surface area contributed by atoms with E-state index in [1.807, 2.05) is 0 Å². The van der Waals surface area contributed by atoms with Crippen LogP contribution in [0.25, 0.3) is 0 Å². The first-order valence-electron chi connectivity index (χ1n) is 5.15. The van der Waals surface area contributed by atoms with E-state index in [0.29, 0.717) is 5.41 Å². The minimum Gasteiger partial charge on any atom is -0.301 e. The number of hydrogen-bond acceptors (Lipinski definition) is 1. The summed E-state index contributed by atoms with van der Waals surface area (Å²) in [6.07, 6.45) is 1.39. The zero-order valence-corrected chi connectivity index (χ0v) is 9.22. The van der Waals surface area contributed by atoms with Gasteiger partial charge >= 0.3 is 0 Å². The molecule has 0 aromatic heterocycles. The minimum absolute atomic E-state index is 0.504. The van der Waals surface area contributed by atoms with E-state index >= 15 is 0 Å². The van der Waals surface area contributed by atoms with E-state index in [4.69, 9.17) is 0 Å². The molecule has 72 valence electrons. The molecule has 1 atom stereocenters. The van der Waals surface area contributed by atoms with E-state index in [1.165, 1.54) is 19.5 Å². The molecule has 1 nitrogen and oxygen atoms in total. The highest BCUT2D eigenvalue weighted by Crippen LogP contribution is 2.34. The van der Waals surface area contributed by atoms with Crippen molar-refractivity contribution in [3.63, 3.8) is 0 Å². The summed E-state index contributed by atoms with van der Waals surface area (Å²) in [6, 6.07) is 0.734. The van der Waals surface area contributed by atoms with Gasteiger partial charge in [0.1, 0.15) is 0 Å². The maximum Gasteiger partial charge on any atom is 0.00387 e. The lowest BCUT2D eigenvalue weighted by molar-refractivity contribution is 0.209. The van der Waals surface area contributed by atoms with Crippen LogP contribution in [-0.2, 0) is 0 Å². The van der Waals surface area contributed by atoms with E-state index in [0.717, 1.165) is 12.0 Å². The first-order valence-corrected chi connectivity index (χ1v) is 5.15. The van der Waals surface area contributed by atoms with Crippen LogP contribution < -0.4 is 0 Å². The Labute approximate surface area is 77.1 Å². The van der Waals surface area contributed by atoms with Crippen LogP contribution in [0.15, 0.2) is 0 Å². The van der Waals surface area contributed by atoms with Crippen LogP contribution in [0.5, 0.6) is 0 Å². The fraction of sp³-hybridized carbons (Fsp3) is 1.00. The lowest BCUT2D eigenvalue weighted by Crippen LogP contribution is -2.30. The van der Waals surface area contributed by atoms with Crippen molar-refractivity contribution < 1.29 is 0 Å². The van der Waals surface area contributed by atoms with Crippen LogP contribution in [-0.4, -0.2) is 24.0 Å². The predicted molar refractivity (Wildman–Crippen MR) is 54.3 cm³/mol. The Morgan fingerprint density at radius 1 is 1.25 bits per heavy atom. The Balaban J connectivity index is 2.46. The fourth-order valence-electron chi connectivity index (χ4n) is 1.96. The Bertz CT molecular complexity index is 144. The molecule has 1 saturated heterocycles. The summed E-state index contributed by atoms with van der Waals surface area (Å²) >= 11 is 0. The van der Waals surface area contributed by atoms with Crippen LogP contribution in [0.1, 0.15) is 41.0 Å². The predicted octanol–water partition coefficient (Wildman–Crippen LogP) is 2.76. The largest absolute Gasteiger partial charge is 0.301 e. The van der Waals surface area contributed by atoms with Gasteiger partial charge in [-0.1, -0.05) is 20.8 Å². The normalized spacial score (nSPS) is 27.0. The second kappa shape index (κ2) is 3.37. The lowest BCUT2D eigenvalue weighted by atomic mass is 9.80. The molecule has 0 saturated carbocycles. The minimum atomic E-state index is 0.504. The summed E-state index contributed by atoms with van der Waals surface area (Å²) in [4.78, 5) is 2.59. The third-order valence-corrected chi connectivity index (χ3v) is 3.17. The van der Waals surface area contributed by atoms with E-state index in [9.17, 15) is 0 Å². The van der Waals surface area contributed by atoms with Gasteiger partial charge in [0.2, 0.25) is 0 Å². The van der Waals surface area contributed by atoms with Crippen molar-refractivity contribution >= 4 is 0 Å². The average Bonchev–Trinajstić information content (AvgIpc) is 2.30. The molecule has 12 heavy (non-hydrogen) atoms. The molecule has 1 aliphatic rings. The zero-order valence-electron chi connectivity index (χ0n) is 9.22. The second-order valence-corrected chi connectivity index (χ2v) is 5.44. The Morgan fingerprint density at radius 2 is 1.83 bits per heavy atom. The van der Waals surface area contributed by atoms with Gasteiger partial charge in [0.15, 0.2) is 0 Å². The molecule has 1 fully saturated rings. The van der Waals surface area contributed by atoms with Crippen LogP contribution >= 0.6 is 0 Å². The van der Waals surface area contributed by atoms with Gasteiger partial charge in [-0.2, -0.15) is 0 Å². The molecule has 0 N–H and O–H groups in total. The summed E-state index contributed by atoms with van der Waals surface area (Å²) in [6.45, 7) is 14.3. The third kappa shape index (κ3) is 2.22. The van der Waals surface area contributed by atoms with Crippen molar-refractivity contribution in [2.45, 2.75) is 47.1 Å². The Kier molecular flexibility index (Phi) is 2.82. The van der Waals surface area contributed by atoms with E-state index in [1.54, 1.807) is 0 Å². The summed E-state index contributed by atoms with van der Waals surface area (Å²) in [5, 5.41) is 0. The maximum atomic E-state index is 2.59. The zero-order chi connectivity index (χ0) is 9.35. The van der Waals surface area contributed by atoms with Gasteiger partial charge in [0.05, 0.1) is 0 Å². The first kappa shape index (κ1) is 10.0. The first-order chi connectivity index (χ1) is 5.41. The summed E-state index contributed by atoms with van der Waals surface area (Å²) in [7, 11) is 0. The number of rotatable bonds is 1. The van der Waals surface area contributed by atoms with E-state index in [-0.39, 0.29) is 0 Å². The molecule has 0 aromatic rings. The van der Waals surface area contributed by atoms with Crippen molar-refractivity contribution in [1.82, 2.24) is 4.90 Å². The van der Waals surface area contributed by atoms with Crippen LogP contribution in [0.3, 0.4) is 0 Å². The third-order valence-electron chi connectivity index (χ3n) is 3.17. The van der Waals surface area contributed by atoms with Crippen molar-refractivity contribution in [1.29, 1.82) is 0 Å². The SMILES string of the molecule is CC(C)N1CCC(C(C)(C)C)C1. The van der Waals surface area contributed by atoms with E-state index in [2.05, 4.69) is 39.5 Å². The average molecular weight is 169 g/mol.